The molecule has 0 spiro atoms. The molecule has 1 fully saturated rings. The van der Waals surface area contributed by atoms with Crippen LogP contribution in [0.2, 0.25) is 0 Å². The normalized spacial score (nSPS) is 14.5. The van der Waals surface area contributed by atoms with Crippen LogP contribution >= 0.6 is 11.3 Å². The Bertz CT molecular complexity index is 518. The fraction of sp³-hybridized carbons (Fsp3) is 0.538. The summed E-state index contributed by atoms with van der Waals surface area (Å²) >= 11 is 1.29. The topological polar surface area (TPSA) is 84.2 Å². The van der Waals surface area contributed by atoms with E-state index in [1.165, 1.54) is 11.3 Å². The molecule has 1 amide bonds. The molecule has 0 atom stereocenters. The molecule has 0 radical (unpaired) electrons. The number of carbonyl (C=O) groups is 2. The standard InChI is InChI=1S/C13H19N3O2S/c1-6(2)16-13-8(12(18)15-3)9(14)11(19-13)10(17)7-4-5-7/h6-7,16H,4-5,14H2,1-3H3,(H,15,18). The van der Waals surface area contributed by atoms with E-state index in [2.05, 4.69) is 10.6 Å². The summed E-state index contributed by atoms with van der Waals surface area (Å²) in [7, 11) is 1.56. The Labute approximate surface area is 116 Å². The third-order valence-electron chi connectivity index (χ3n) is 2.99. The van der Waals surface area contributed by atoms with Crippen molar-refractivity contribution in [3.63, 3.8) is 0 Å². The molecule has 104 valence electrons. The van der Waals surface area contributed by atoms with Gasteiger partial charge in [0.05, 0.1) is 16.1 Å². The van der Waals surface area contributed by atoms with Crippen LogP contribution in [0.4, 0.5) is 10.7 Å². The maximum absolute atomic E-state index is 12.2. The van der Waals surface area contributed by atoms with Gasteiger partial charge in [-0.1, -0.05) is 0 Å². The second-order valence-electron chi connectivity index (χ2n) is 5.07. The van der Waals surface area contributed by atoms with Crippen molar-refractivity contribution >= 4 is 33.7 Å². The van der Waals surface area contributed by atoms with Crippen LogP contribution < -0.4 is 16.4 Å². The molecule has 1 aromatic heterocycles. The van der Waals surface area contributed by atoms with Crippen molar-refractivity contribution < 1.29 is 9.59 Å². The number of nitrogens with one attached hydrogen (secondary N) is 2. The molecule has 1 saturated carbocycles. The van der Waals surface area contributed by atoms with Gasteiger partial charge in [-0.15, -0.1) is 11.3 Å². The summed E-state index contributed by atoms with van der Waals surface area (Å²) in [5.41, 5.74) is 6.71. The van der Waals surface area contributed by atoms with Crippen LogP contribution in [0.3, 0.4) is 0 Å². The number of anilines is 2. The van der Waals surface area contributed by atoms with Crippen molar-refractivity contribution in [3.05, 3.63) is 10.4 Å². The lowest BCUT2D eigenvalue weighted by Crippen LogP contribution is -2.21. The number of carbonyl (C=O) groups excluding carboxylic acids is 2. The van der Waals surface area contributed by atoms with Gasteiger partial charge >= 0.3 is 0 Å². The Morgan fingerprint density at radius 2 is 2.00 bits per heavy atom. The van der Waals surface area contributed by atoms with Crippen molar-refractivity contribution in [1.82, 2.24) is 5.32 Å². The lowest BCUT2D eigenvalue weighted by Gasteiger charge is -2.09. The first kappa shape index (κ1) is 13.9. The van der Waals surface area contributed by atoms with E-state index >= 15 is 0 Å². The van der Waals surface area contributed by atoms with Gasteiger partial charge in [-0.2, -0.15) is 0 Å². The number of amides is 1. The first-order valence-corrected chi connectivity index (χ1v) is 7.22. The lowest BCUT2D eigenvalue weighted by molar-refractivity contribution is 0.0964. The van der Waals surface area contributed by atoms with E-state index in [0.29, 0.717) is 21.1 Å². The molecular formula is C13H19N3O2S. The zero-order valence-electron chi connectivity index (χ0n) is 11.4. The summed E-state index contributed by atoms with van der Waals surface area (Å²) in [6.45, 7) is 3.96. The average Bonchev–Trinajstić information content (AvgIpc) is 3.13. The van der Waals surface area contributed by atoms with E-state index in [4.69, 9.17) is 5.73 Å². The van der Waals surface area contributed by atoms with Crippen LogP contribution in [-0.2, 0) is 0 Å². The number of hydrogen-bond acceptors (Lipinski definition) is 5. The molecule has 1 aliphatic rings. The predicted molar refractivity (Wildman–Crippen MR) is 77.9 cm³/mol. The van der Waals surface area contributed by atoms with E-state index < -0.39 is 0 Å². The fourth-order valence-electron chi connectivity index (χ4n) is 1.87. The molecule has 5 nitrogen and oxygen atoms in total. The van der Waals surface area contributed by atoms with E-state index in [0.717, 1.165) is 12.8 Å². The molecule has 1 aromatic rings. The van der Waals surface area contributed by atoms with Crippen LogP contribution in [0.25, 0.3) is 0 Å². The van der Waals surface area contributed by atoms with Crippen molar-refractivity contribution in [1.29, 1.82) is 0 Å². The second-order valence-corrected chi connectivity index (χ2v) is 6.09. The Balaban J connectivity index is 2.43. The summed E-state index contributed by atoms with van der Waals surface area (Å²) in [6.07, 6.45) is 1.86. The van der Waals surface area contributed by atoms with Gasteiger partial charge in [0, 0.05) is 19.0 Å². The van der Waals surface area contributed by atoms with Crippen molar-refractivity contribution in [3.8, 4) is 0 Å². The second kappa shape index (κ2) is 5.21. The molecule has 1 aliphatic carbocycles. The molecular weight excluding hydrogens is 262 g/mol. The van der Waals surface area contributed by atoms with Gasteiger partial charge < -0.3 is 16.4 Å². The number of Topliss-reactive ketones (excluding diaryl/α,β-unsaturated/α-hetero) is 1. The van der Waals surface area contributed by atoms with Gasteiger partial charge in [0.1, 0.15) is 5.00 Å². The van der Waals surface area contributed by atoms with E-state index in [1.54, 1.807) is 7.05 Å². The average molecular weight is 281 g/mol. The van der Waals surface area contributed by atoms with Gasteiger partial charge in [-0.3, -0.25) is 9.59 Å². The third kappa shape index (κ3) is 2.73. The Morgan fingerprint density at radius 3 is 2.47 bits per heavy atom. The predicted octanol–water partition coefficient (Wildman–Crippen LogP) is 2.10. The van der Waals surface area contributed by atoms with Gasteiger partial charge in [-0.25, -0.2) is 0 Å². The molecule has 0 saturated heterocycles. The van der Waals surface area contributed by atoms with Crippen LogP contribution in [0.15, 0.2) is 0 Å². The summed E-state index contributed by atoms with van der Waals surface area (Å²) in [6, 6.07) is 0.172. The highest BCUT2D eigenvalue weighted by atomic mass is 32.1. The zero-order chi connectivity index (χ0) is 14.2. The number of thiophene rings is 1. The Morgan fingerprint density at radius 1 is 1.37 bits per heavy atom. The number of ketones is 1. The van der Waals surface area contributed by atoms with Crippen LogP contribution in [0.5, 0.6) is 0 Å². The molecule has 0 unspecified atom stereocenters. The molecule has 0 bridgehead atoms. The smallest absolute Gasteiger partial charge is 0.256 e. The maximum Gasteiger partial charge on any atom is 0.256 e. The zero-order valence-corrected chi connectivity index (χ0v) is 12.2. The van der Waals surface area contributed by atoms with Crippen molar-refractivity contribution in [2.45, 2.75) is 32.7 Å². The molecule has 4 N–H and O–H groups in total. The van der Waals surface area contributed by atoms with Gasteiger partial charge in [0.2, 0.25) is 0 Å². The first-order chi connectivity index (χ1) is 8.95. The van der Waals surface area contributed by atoms with Gasteiger partial charge in [0.15, 0.2) is 5.78 Å². The SMILES string of the molecule is CNC(=O)c1c(NC(C)C)sc(C(=O)C2CC2)c1N. The van der Waals surface area contributed by atoms with E-state index in [-0.39, 0.29) is 23.7 Å². The molecule has 19 heavy (non-hydrogen) atoms. The summed E-state index contributed by atoms with van der Waals surface area (Å²) in [5, 5.41) is 6.44. The number of rotatable bonds is 5. The highest BCUT2D eigenvalue weighted by Crippen LogP contribution is 2.41. The van der Waals surface area contributed by atoms with E-state index in [1.807, 2.05) is 13.8 Å². The third-order valence-corrected chi connectivity index (χ3v) is 4.14. The molecule has 6 heteroatoms. The van der Waals surface area contributed by atoms with Crippen LogP contribution in [0.1, 0.15) is 46.7 Å². The first-order valence-electron chi connectivity index (χ1n) is 6.40. The Kier molecular flexibility index (Phi) is 3.80. The number of nitrogens with two attached hydrogens (primary N) is 1. The molecule has 0 aliphatic heterocycles. The monoisotopic (exact) mass is 281 g/mol. The maximum atomic E-state index is 12.2. The van der Waals surface area contributed by atoms with Crippen molar-refractivity contribution in [2.75, 3.05) is 18.1 Å². The molecule has 2 rings (SSSR count). The van der Waals surface area contributed by atoms with Gasteiger partial charge in [-0.05, 0) is 26.7 Å². The fourth-order valence-corrected chi connectivity index (χ4v) is 3.15. The lowest BCUT2D eigenvalue weighted by atomic mass is 10.1. The van der Waals surface area contributed by atoms with Crippen LogP contribution in [0, 0.1) is 5.92 Å². The highest BCUT2D eigenvalue weighted by Gasteiger charge is 2.35. The summed E-state index contributed by atoms with van der Waals surface area (Å²) < 4.78 is 0. The minimum absolute atomic E-state index is 0.0736. The summed E-state index contributed by atoms with van der Waals surface area (Å²) in [5.74, 6) is -0.0819. The minimum atomic E-state index is -0.258. The highest BCUT2D eigenvalue weighted by molar-refractivity contribution is 7.19. The minimum Gasteiger partial charge on any atom is -0.397 e. The Hall–Kier alpha value is -1.56. The molecule has 1 heterocycles. The number of hydrogen-bond donors (Lipinski definition) is 3. The quantitative estimate of drug-likeness (QED) is 0.722. The molecule has 0 aromatic carbocycles. The van der Waals surface area contributed by atoms with Crippen LogP contribution in [-0.4, -0.2) is 24.8 Å². The number of nitrogen functional groups attached to an aromatic ring is 1. The van der Waals surface area contributed by atoms with Crippen molar-refractivity contribution in [2.24, 2.45) is 5.92 Å². The van der Waals surface area contributed by atoms with E-state index in [9.17, 15) is 9.59 Å². The summed E-state index contributed by atoms with van der Waals surface area (Å²) in [4.78, 5) is 24.6. The van der Waals surface area contributed by atoms with Gasteiger partial charge in [0.25, 0.3) is 5.91 Å². The largest absolute Gasteiger partial charge is 0.397 e.